The van der Waals surface area contributed by atoms with Gasteiger partial charge in [-0.15, -0.1) is 0 Å². The minimum atomic E-state index is -1.03. The number of ether oxygens (including phenoxy) is 1. The molecule has 2 N–H and O–H groups in total. The van der Waals surface area contributed by atoms with Gasteiger partial charge in [0.25, 0.3) is 0 Å². The molecule has 0 bridgehead atoms. The molecule has 122 valence electrons. The largest absolute Gasteiger partial charge is 0.480 e. The summed E-state index contributed by atoms with van der Waals surface area (Å²) in [6.07, 6.45) is 0. The van der Waals surface area contributed by atoms with Crippen molar-refractivity contribution in [1.29, 1.82) is 0 Å². The molecule has 7 nitrogen and oxygen atoms in total. The summed E-state index contributed by atoms with van der Waals surface area (Å²) in [5.74, 6) is -1.03. The number of nitrogens with one attached hydrogen (secondary N) is 1. The fraction of sp³-hybridized carbons (Fsp3) is 0.857. The van der Waals surface area contributed by atoms with E-state index in [4.69, 9.17) is 9.84 Å². The Morgan fingerprint density at radius 3 is 2.48 bits per heavy atom. The van der Waals surface area contributed by atoms with E-state index < -0.39 is 12.0 Å². The lowest BCUT2D eigenvalue weighted by atomic mass is 10.2. The average Bonchev–Trinajstić information content (AvgIpc) is 2.42. The van der Waals surface area contributed by atoms with Gasteiger partial charge < -0.3 is 20.1 Å². The molecule has 0 aromatic rings. The van der Waals surface area contributed by atoms with Crippen LogP contribution in [0.15, 0.2) is 0 Å². The summed E-state index contributed by atoms with van der Waals surface area (Å²) in [6, 6.07) is -0.433. The lowest BCUT2D eigenvalue weighted by molar-refractivity contribution is -0.147. The molecule has 2 amide bonds. The number of carbonyl (C=O) groups excluding carboxylic acids is 1. The number of carboxylic acid groups (broad SMARTS) is 1. The molecule has 1 saturated heterocycles. The van der Waals surface area contributed by atoms with E-state index in [9.17, 15) is 9.59 Å². The lowest BCUT2D eigenvalue weighted by Gasteiger charge is -2.34. The summed E-state index contributed by atoms with van der Waals surface area (Å²) in [5, 5.41) is 11.9. The number of urea groups is 1. The second kappa shape index (κ2) is 8.19. The van der Waals surface area contributed by atoms with Gasteiger partial charge in [-0.2, -0.15) is 0 Å². The molecular formula is C14H27N3O4. The average molecular weight is 301 g/mol. The van der Waals surface area contributed by atoms with Gasteiger partial charge in [-0.05, 0) is 27.7 Å². The Labute approximate surface area is 126 Å². The zero-order chi connectivity index (χ0) is 16.0. The van der Waals surface area contributed by atoms with Gasteiger partial charge in [0.15, 0.2) is 6.04 Å². The zero-order valence-electron chi connectivity index (χ0n) is 13.3. The van der Waals surface area contributed by atoms with E-state index in [-0.39, 0.29) is 12.6 Å². The van der Waals surface area contributed by atoms with Crippen molar-refractivity contribution in [2.24, 2.45) is 0 Å². The number of rotatable bonds is 6. The molecule has 1 rings (SSSR count). The van der Waals surface area contributed by atoms with Crippen molar-refractivity contribution in [3.05, 3.63) is 0 Å². The molecule has 0 aromatic carbocycles. The molecule has 1 atom stereocenters. The summed E-state index contributed by atoms with van der Waals surface area (Å²) in [6.45, 7) is 10.4. The van der Waals surface area contributed by atoms with Crippen LogP contribution in [-0.4, -0.2) is 77.9 Å². The van der Waals surface area contributed by atoms with Crippen molar-refractivity contribution in [1.82, 2.24) is 15.1 Å². The van der Waals surface area contributed by atoms with Crippen molar-refractivity contribution < 1.29 is 19.4 Å². The number of hydrogen-bond acceptors (Lipinski definition) is 4. The Morgan fingerprint density at radius 2 is 1.95 bits per heavy atom. The second-order valence-corrected chi connectivity index (χ2v) is 5.78. The van der Waals surface area contributed by atoms with Crippen LogP contribution < -0.4 is 5.32 Å². The fourth-order valence-electron chi connectivity index (χ4n) is 2.56. The molecule has 0 aromatic heterocycles. The molecule has 21 heavy (non-hydrogen) atoms. The van der Waals surface area contributed by atoms with Gasteiger partial charge in [-0.3, -0.25) is 4.90 Å². The summed E-state index contributed by atoms with van der Waals surface area (Å²) in [7, 11) is 0. The normalized spacial score (nSPS) is 19.4. The highest BCUT2D eigenvalue weighted by molar-refractivity contribution is 5.83. The number of aliphatic carboxylic acids is 1. The van der Waals surface area contributed by atoms with Crippen molar-refractivity contribution in [2.75, 3.05) is 32.8 Å². The van der Waals surface area contributed by atoms with E-state index in [2.05, 4.69) is 37.9 Å². The van der Waals surface area contributed by atoms with E-state index >= 15 is 0 Å². The summed E-state index contributed by atoms with van der Waals surface area (Å²) in [4.78, 5) is 26.8. The molecule has 0 aliphatic carbocycles. The lowest BCUT2D eigenvalue weighted by Crippen LogP contribution is -2.56. The molecule has 0 saturated carbocycles. The van der Waals surface area contributed by atoms with Crippen LogP contribution in [0.5, 0.6) is 0 Å². The second-order valence-electron chi connectivity index (χ2n) is 5.78. The quantitative estimate of drug-likeness (QED) is 0.751. The number of hydrogen-bond donors (Lipinski definition) is 2. The Balaban J connectivity index is 2.47. The maximum absolute atomic E-state index is 12.1. The van der Waals surface area contributed by atoms with Crippen LogP contribution in [0.25, 0.3) is 0 Å². The molecule has 0 spiro atoms. The van der Waals surface area contributed by atoms with Crippen LogP contribution in [0, 0.1) is 0 Å². The third kappa shape index (κ3) is 5.17. The predicted octanol–water partition coefficient (Wildman–Crippen LogP) is 0.600. The minimum absolute atomic E-state index is 0.0485. The van der Waals surface area contributed by atoms with E-state index in [1.165, 1.54) is 4.90 Å². The Hall–Kier alpha value is -1.34. The minimum Gasteiger partial charge on any atom is -0.480 e. The van der Waals surface area contributed by atoms with Gasteiger partial charge in [0, 0.05) is 31.7 Å². The first-order valence-corrected chi connectivity index (χ1v) is 7.45. The van der Waals surface area contributed by atoms with Crippen LogP contribution >= 0.6 is 0 Å². The smallest absolute Gasteiger partial charge is 0.328 e. The highest BCUT2D eigenvalue weighted by Gasteiger charge is 2.32. The first-order valence-electron chi connectivity index (χ1n) is 7.45. The third-order valence-corrected chi connectivity index (χ3v) is 3.65. The van der Waals surface area contributed by atoms with Crippen LogP contribution in [0.2, 0.25) is 0 Å². The number of carboxylic acids is 1. The fourth-order valence-corrected chi connectivity index (χ4v) is 2.56. The van der Waals surface area contributed by atoms with E-state index in [1.807, 2.05) is 0 Å². The molecule has 1 aliphatic heterocycles. The predicted molar refractivity (Wildman–Crippen MR) is 79.3 cm³/mol. The molecule has 1 fully saturated rings. The molecule has 0 radical (unpaired) electrons. The van der Waals surface area contributed by atoms with Crippen LogP contribution in [0.1, 0.15) is 27.7 Å². The maximum Gasteiger partial charge on any atom is 0.328 e. The topological polar surface area (TPSA) is 82.1 Å². The molecule has 1 unspecified atom stereocenters. The summed E-state index contributed by atoms with van der Waals surface area (Å²) < 4.78 is 5.12. The highest BCUT2D eigenvalue weighted by Crippen LogP contribution is 2.08. The van der Waals surface area contributed by atoms with Crippen molar-refractivity contribution in [3.8, 4) is 0 Å². The number of nitrogens with zero attached hydrogens (tertiary/aromatic N) is 2. The van der Waals surface area contributed by atoms with Gasteiger partial charge >= 0.3 is 12.0 Å². The number of amides is 2. The van der Waals surface area contributed by atoms with Gasteiger partial charge in [0.2, 0.25) is 0 Å². The van der Waals surface area contributed by atoms with Gasteiger partial charge in [-0.1, -0.05) is 0 Å². The monoisotopic (exact) mass is 301 g/mol. The zero-order valence-corrected chi connectivity index (χ0v) is 13.3. The Morgan fingerprint density at radius 1 is 1.33 bits per heavy atom. The number of morpholine rings is 1. The van der Waals surface area contributed by atoms with Crippen molar-refractivity contribution in [3.63, 3.8) is 0 Å². The highest BCUT2D eigenvalue weighted by atomic mass is 16.5. The SMILES string of the molecule is CC(C)N(CCNC(=O)N1CCOCC1C(=O)O)C(C)C. The Kier molecular flexibility index (Phi) is 6.91. The first-order chi connectivity index (χ1) is 9.84. The van der Waals surface area contributed by atoms with Crippen LogP contribution in [-0.2, 0) is 9.53 Å². The van der Waals surface area contributed by atoms with Gasteiger partial charge in [-0.25, -0.2) is 9.59 Å². The van der Waals surface area contributed by atoms with Crippen LogP contribution in [0.3, 0.4) is 0 Å². The molecule has 7 heteroatoms. The van der Waals surface area contributed by atoms with Gasteiger partial charge in [0.05, 0.1) is 13.2 Å². The van der Waals surface area contributed by atoms with E-state index in [1.54, 1.807) is 0 Å². The maximum atomic E-state index is 12.1. The Bertz CT molecular complexity index is 352. The molecular weight excluding hydrogens is 274 g/mol. The van der Waals surface area contributed by atoms with Crippen molar-refractivity contribution >= 4 is 12.0 Å². The first kappa shape index (κ1) is 17.7. The van der Waals surface area contributed by atoms with E-state index in [0.717, 1.165) is 6.54 Å². The molecule has 1 aliphatic rings. The van der Waals surface area contributed by atoms with E-state index in [0.29, 0.717) is 31.8 Å². The van der Waals surface area contributed by atoms with Crippen molar-refractivity contribution in [2.45, 2.75) is 45.8 Å². The standard InChI is InChI=1S/C14H27N3O4/c1-10(2)16(11(3)4)6-5-15-14(20)17-7-8-21-9-12(17)13(18)19/h10-12H,5-9H2,1-4H3,(H,15,20)(H,18,19). The summed E-state index contributed by atoms with van der Waals surface area (Å²) >= 11 is 0. The third-order valence-electron chi connectivity index (χ3n) is 3.65. The summed E-state index contributed by atoms with van der Waals surface area (Å²) in [5.41, 5.74) is 0. The van der Waals surface area contributed by atoms with Crippen LogP contribution in [0.4, 0.5) is 4.79 Å². The molecule has 1 heterocycles. The van der Waals surface area contributed by atoms with Gasteiger partial charge in [0.1, 0.15) is 0 Å². The number of carbonyl (C=O) groups is 2.